The molecule has 11 heteroatoms. The second-order valence-corrected chi connectivity index (χ2v) is 9.54. The lowest BCUT2D eigenvalue weighted by molar-refractivity contribution is 0.0534. The summed E-state index contributed by atoms with van der Waals surface area (Å²) in [6, 6.07) is 6.94. The van der Waals surface area contributed by atoms with Gasteiger partial charge in [-0.15, -0.1) is 5.10 Å². The first-order valence-corrected chi connectivity index (χ1v) is 11.5. The van der Waals surface area contributed by atoms with Gasteiger partial charge in [-0.3, -0.25) is 9.69 Å². The molecule has 11 nitrogen and oxygen atoms in total. The number of β-amino-alcohol motifs (C(OH)–C–C–N with tert-alkyl or cyclic N) is 1. The molecular formula is C24H27N7O4. The third-order valence-electron chi connectivity index (χ3n) is 6.90. The molecule has 0 saturated carbocycles. The fraction of sp³-hybridized carbons (Fsp3) is 0.417. The number of tetrazole rings is 1. The number of hydrogen-bond donors (Lipinski definition) is 2. The number of hydrogen-bond acceptors (Lipinski definition) is 9. The van der Waals surface area contributed by atoms with E-state index in [0.717, 1.165) is 36.2 Å². The van der Waals surface area contributed by atoms with Crippen molar-refractivity contribution in [1.29, 1.82) is 0 Å². The number of cyclic esters (lactones) is 1. The molecule has 1 amide bonds. The molecule has 0 spiro atoms. The molecule has 0 radical (unpaired) electrons. The van der Waals surface area contributed by atoms with Gasteiger partial charge in [0, 0.05) is 31.4 Å². The van der Waals surface area contributed by atoms with E-state index >= 15 is 0 Å². The molecule has 1 unspecified atom stereocenters. The summed E-state index contributed by atoms with van der Waals surface area (Å²) in [6.07, 6.45) is 3.18. The van der Waals surface area contributed by atoms with Crippen molar-refractivity contribution >= 4 is 11.9 Å². The highest BCUT2D eigenvalue weighted by molar-refractivity contribution is 5.94. The smallest absolute Gasteiger partial charge is 0.338 e. The van der Waals surface area contributed by atoms with Gasteiger partial charge in [-0.05, 0) is 65.1 Å². The largest absolute Gasteiger partial charge is 0.457 e. The predicted molar refractivity (Wildman–Crippen MR) is 124 cm³/mol. The first-order valence-electron chi connectivity index (χ1n) is 11.5. The van der Waals surface area contributed by atoms with Crippen molar-refractivity contribution in [2.45, 2.75) is 33.0 Å². The van der Waals surface area contributed by atoms with Crippen LogP contribution >= 0.6 is 0 Å². The molecule has 182 valence electrons. The van der Waals surface area contributed by atoms with Crippen LogP contribution in [-0.4, -0.2) is 73.3 Å². The Morgan fingerprint density at radius 2 is 2.17 bits per heavy atom. The van der Waals surface area contributed by atoms with Crippen molar-refractivity contribution in [2.24, 2.45) is 5.41 Å². The fourth-order valence-corrected chi connectivity index (χ4v) is 4.82. The first kappa shape index (κ1) is 23.1. The molecule has 1 saturated heterocycles. The van der Waals surface area contributed by atoms with E-state index in [4.69, 9.17) is 4.74 Å². The number of ether oxygens (including phenoxy) is 1. The van der Waals surface area contributed by atoms with Crippen molar-refractivity contribution in [2.75, 3.05) is 26.2 Å². The highest BCUT2D eigenvalue weighted by atomic mass is 16.5. The van der Waals surface area contributed by atoms with E-state index in [1.54, 1.807) is 18.2 Å². The molecule has 2 N–H and O–H groups in total. The molecule has 4 heterocycles. The number of aromatic nitrogens is 5. The second kappa shape index (κ2) is 9.16. The molecule has 2 aliphatic rings. The van der Waals surface area contributed by atoms with Crippen molar-refractivity contribution in [3.63, 3.8) is 0 Å². The van der Waals surface area contributed by atoms with Crippen molar-refractivity contribution in [1.82, 2.24) is 35.4 Å². The number of pyridine rings is 1. The number of aliphatic hydroxyl groups is 1. The summed E-state index contributed by atoms with van der Waals surface area (Å²) in [5.74, 6) is 0.0352. The maximum atomic E-state index is 12.7. The lowest BCUT2D eigenvalue weighted by atomic mass is 9.89. The number of carbonyl (C=O) groups excluding carboxylic acids is 2. The van der Waals surface area contributed by atoms with Crippen LogP contribution in [0, 0.1) is 12.3 Å². The number of benzene rings is 1. The van der Waals surface area contributed by atoms with E-state index < -0.39 is 6.10 Å². The van der Waals surface area contributed by atoms with Crippen LogP contribution in [-0.2, 0) is 11.3 Å². The van der Waals surface area contributed by atoms with Crippen LogP contribution in [0.1, 0.15) is 56.9 Å². The van der Waals surface area contributed by atoms with Gasteiger partial charge in [0.1, 0.15) is 12.9 Å². The zero-order chi connectivity index (χ0) is 24.6. The number of esters is 1. The first-order chi connectivity index (χ1) is 16.8. The van der Waals surface area contributed by atoms with Crippen LogP contribution < -0.4 is 5.32 Å². The van der Waals surface area contributed by atoms with Gasteiger partial charge < -0.3 is 15.2 Å². The van der Waals surface area contributed by atoms with Crippen LogP contribution in [0.3, 0.4) is 0 Å². The maximum Gasteiger partial charge on any atom is 0.338 e. The topological polar surface area (TPSA) is 135 Å². The maximum absolute atomic E-state index is 12.7. The Labute approximate surface area is 202 Å². The Morgan fingerprint density at radius 1 is 1.31 bits per heavy atom. The van der Waals surface area contributed by atoms with Gasteiger partial charge in [0.2, 0.25) is 0 Å². The molecular weight excluding hydrogens is 450 g/mol. The summed E-state index contributed by atoms with van der Waals surface area (Å²) in [5.41, 5.74) is 3.54. The van der Waals surface area contributed by atoms with Gasteiger partial charge in [0.15, 0.2) is 5.82 Å². The monoisotopic (exact) mass is 477 g/mol. The number of likely N-dealkylation sites (tertiary alicyclic amines) is 1. The van der Waals surface area contributed by atoms with Gasteiger partial charge in [-0.1, -0.05) is 13.0 Å². The van der Waals surface area contributed by atoms with E-state index in [1.165, 1.54) is 17.2 Å². The number of nitrogens with zero attached hydrogens (tertiary/aromatic N) is 6. The minimum absolute atomic E-state index is 0.109. The third-order valence-corrected chi connectivity index (χ3v) is 6.90. The number of carbonyl (C=O) groups is 2. The molecule has 35 heavy (non-hydrogen) atoms. The summed E-state index contributed by atoms with van der Waals surface area (Å²) < 4.78 is 6.54. The van der Waals surface area contributed by atoms with E-state index in [1.807, 2.05) is 13.0 Å². The van der Waals surface area contributed by atoms with Crippen molar-refractivity contribution in [3.05, 3.63) is 64.6 Å². The molecule has 2 aliphatic heterocycles. The second-order valence-electron chi connectivity index (χ2n) is 9.54. The van der Waals surface area contributed by atoms with Crippen molar-refractivity contribution in [3.8, 4) is 5.82 Å². The summed E-state index contributed by atoms with van der Waals surface area (Å²) >= 11 is 0. The fourth-order valence-electron chi connectivity index (χ4n) is 4.82. The van der Waals surface area contributed by atoms with E-state index in [0.29, 0.717) is 30.0 Å². The zero-order valence-corrected chi connectivity index (χ0v) is 19.6. The number of rotatable bonds is 7. The van der Waals surface area contributed by atoms with Crippen LogP contribution in [0.5, 0.6) is 0 Å². The SMILES string of the molecule is Cc1c([C@@H](O)CN2CCC(C)(CNC(=O)c3ccc(-n4cnnn4)nc3)C2)ccc2c1COC2=O. The number of aliphatic hydroxyl groups excluding tert-OH is 1. The standard InChI is InChI=1S/C24H27N7O4/c1-15-17(4-5-18-19(15)11-35-23(18)34)20(32)10-30-8-7-24(2,13-30)12-26-22(33)16-3-6-21(25-9-16)31-14-27-28-29-31/h3-6,9,14,20,32H,7-8,10-13H2,1-2H3,(H,26,33)/t20-,24?/m0/s1. The van der Waals surface area contributed by atoms with Gasteiger partial charge in [-0.25, -0.2) is 9.78 Å². The van der Waals surface area contributed by atoms with Gasteiger partial charge in [-0.2, -0.15) is 4.68 Å². The molecule has 0 aliphatic carbocycles. The normalized spacial score (nSPS) is 20.5. The Bertz CT molecular complexity index is 1250. The molecule has 2 atom stereocenters. The zero-order valence-electron chi connectivity index (χ0n) is 19.6. The average Bonchev–Trinajstić information content (AvgIpc) is 3.60. The Balaban J connectivity index is 1.15. The Hall–Kier alpha value is -3.70. The lowest BCUT2D eigenvalue weighted by Gasteiger charge is -2.26. The van der Waals surface area contributed by atoms with Crippen LogP contribution in [0.2, 0.25) is 0 Å². The minimum atomic E-state index is -0.669. The highest BCUT2D eigenvalue weighted by Gasteiger charge is 2.35. The molecule has 1 fully saturated rings. The van der Waals surface area contributed by atoms with Gasteiger partial charge in [0.25, 0.3) is 5.91 Å². The third kappa shape index (κ3) is 4.64. The van der Waals surface area contributed by atoms with Gasteiger partial charge in [0.05, 0.1) is 17.2 Å². The highest BCUT2D eigenvalue weighted by Crippen LogP contribution is 2.33. The quantitative estimate of drug-likeness (QED) is 0.481. The average molecular weight is 478 g/mol. The van der Waals surface area contributed by atoms with E-state index in [2.05, 4.69) is 37.6 Å². The summed E-state index contributed by atoms with van der Waals surface area (Å²) in [4.78, 5) is 30.9. The number of fused-ring (bicyclic) bond motifs is 1. The van der Waals surface area contributed by atoms with E-state index in [-0.39, 0.29) is 23.9 Å². The number of amides is 1. The minimum Gasteiger partial charge on any atom is -0.457 e. The van der Waals surface area contributed by atoms with Gasteiger partial charge >= 0.3 is 5.97 Å². The summed E-state index contributed by atoms with van der Waals surface area (Å²) in [7, 11) is 0. The summed E-state index contributed by atoms with van der Waals surface area (Å²) in [5, 5.41) is 24.9. The molecule has 2 aromatic heterocycles. The predicted octanol–water partition coefficient (Wildman–Crippen LogP) is 1.21. The molecule has 3 aromatic rings. The molecule has 0 bridgehead atoms. The molecule has 1 aromatic carbocycles. The Kier molecular flexibility index (Phi) is 6.03. The molecule has 5 rings (SSSR count). The number of nitrogens with one attached hydrogen (secondary N) is 1. The van der Waals surface area contributed by atoms with E-state index in [9.17, 15) is 14.7 Å². The van der Waals surface area contributed by atoms with Crippen molar-refractivity contribution < 1.29 is 19.4 Å². The van der Waals surface area contributed by atoms with Crippen LogP contribution in [0.4, 0.5) is 0 Å². The van der Waals surface area contributed by atoms with Crippen LogP contribution in [0.15, 0.2) is 36.8 Å². The Morgan fingerprint density at radius 3 is 2.91 bits per heavy atom. The van der Waals surface area contributed by atoms with Crippen LogP contribution in [0.25, 0.3) is 5.82 Å². The summed E-state index contributed by atoms with van der Waals surface area (Å²) in [6.45, 7) is 6.92. The lowest BCUT2D eigenvalue weighted by Crippen LogP contribution is -2.38.